The van der Waals surface area contributed by atoms with Crippen LogP contribution in [0.5, 0.6) is 0 Å². The summed E-state index contributed by atoms with van der Waals surface area (Å²) in [5.74, 6) is -1.70. The van der Waals surface area contributed by atoms with Crippen molar-refractivity contribution in [1.29, 1.82) is 0 Å². The Morgan fingerprint density at radius 1 is 1.42 bits per heavy atom. The lowest BCUT2D eigenvalue weighted by atomic mass is 9.98. The summed E-state index contributed by atoms with van der Waals surface area (Å²) < 4.78 is 4.81. The highest BCUT2D eigenvalue weighted by Gasteiger charge is 2.21. The van der Waals surface area contributed by atoms with Gasteiger partial charge in [-0.1, -0.05) is 12.1 Å². The minimum atomic E-state index is -1.62. The van der Waals surface area contributed by atoms with E-state index in [9.17, 15) is 14.7 Å². The Morgan fingerprint density at radius 2 is 2.11 bits per heavy atom. The van der Waals surface area contributed by atoms with E-state index in [2.05, 4.69) is 12.6 Å². The fraction of sp³-hybridized carbons (Fsp3) is 0.385. The number of carbonyl (C=O) groups is 2. The number of aliphatic hydroxyl groups is 1. The first-order valence-corrected chi connectivity index (χ1v) is 6.29. The van der Waals surface area contributed by atoms with E-state index in [-0.39, 0.29) is 24.4 Å². The molecule has 1 unspecified atom stereocenters. The molecule has 6 heteroatoms. The van der Waals surface area contributed by atoms with Gasteiger partial charge in [-0.3, -0.25) is 4.79 Å². The van der Waals surface area contributed by atoms with Gasteiger partial charge in [0.15, 0.2) is 6.10 Å². The molecule has 1 aromatic carbocycles. The van der Waals surface area contributed by atoms with Gasteiger partial charge in [0, 0.05) is 11.3 Å². The number of carboxylic acid groups (broad SMARTS) is 1. The number of hydrogen-bond donors (Lipinski definition) is 3. The molecule has 104 valence electrons. The third-order valence-electron chi connectivity index (χ3n) is 2.60. The fourth-order valence-electron chi connectivity index (χ4n) is 1.71. The molecule has 0 saturated heterocycles. The Bertz CT molecular complexity index is 472. The van der Waals surface area contributed by atoms with Crippen molar-refractivity contribution in [3.8, 4) is 0 Å². The second kappa shape index (κ2) is 7.16. The maximum Gasteiger partial charge on any atom is 0.337 e. The molecule has 1 atom stereocenters. The smallest absolute Gasteiger partial charge is 0.337 e. The molecule has 0 saturated carbocycles. The molecule has 0 heterocycles. The van der Waals surface area contributed by atoms with Gasteiger partial charge < -0.3 is 14.9 Å². The van der Waals surface area contributed by atoms with Gasteiger partial charge in [-0.2, -0.15) is 0 Å². The number of esters is 1. The van der Waals surface area contributed by atoms with Crippen LogP contribution in [0.2, 0.25) is 0 Å². The second-order valence-corrected chi connectivity index (χ2v) is 4.37. The van der Waals surface area contributed by atoms with Gasteiger partial charge in [-0.25, -0.2) is 4.79 Å². The molecule has 0 spiro atoms. The zero-order chi connectivity index (χ0) is 14.4. The molecular weight excluding hydrogens is 268 g/mol. The van der Waals surface area contributed by atoms with Crippen LogP contribution in [0.3, 0.4) is 0 Å². The highest BCUT2D eigenvalue weighted by molar-refractivity contribution is 7.80. The normalized spacial score (nSPS) is 11.9. The molecule has 1 rings (SSSR count). The van der Waals surface area contributed by atoms with Crippen molar-refractivity contribution in [3.63, 3.8) is 0 Å². The molecular formula is C13H16O5S. The van der Waals surface area contributed by atoms with E-state index in [1.165, 1.54) is 6.07 Å². The van der Waals surface area contributed by atoms with Crippen molar-refractivity contribution in [1.82, 2.24) is 0 Å². The predicted octanol–water partition coefficient (Wildman–Crippen LogP) is 1.59. The number of carboxylic acids is 1. The lowest BCUT2D eigenvalue weighted by Gasteiger charge is -2.14. The van der Waals surface area contributed by atoms with Crippen molar-refractivity contribution in [2.24, 2.45) is 0 Å². The SMILES string of the molecule is CCOC(=O)CCc1c(S)cccc1C(O)C(=O)O. The minimum absolute atomic E-state index is 0.116. The molecule has 0 radical (unpaired) electrons. The molecule has 0 aliphatic rings. The van der Waals surface area contributed by atoms with Crippen molar-refractivity contribution < 1.29 is 24.5 Å². The van der Waals surface area contributed by atoms with Gasteiger partial charge >= 0.3 is 11.9 Å². The van der Waals surface area contributed by atoms with Crippen LogP contribution in [-0.4, -0.2) is 28.8 Å². The Hall–Kier alpha value is -1.53. The van der Waals surface area contributed by atoms with Crippen LogP contribution in [-0.2, 0) is 20.7 Å². The maximum absolute atomic E-state index is 11.3. The van der Waals surface area contributed by atoms with Crippen LogP contribution < -0.4 is 0 Å². The standard InChI is InChI=1S/C13H16O5S/c1-2-18-11(14)7-6-8-9(12(15)13(16)17)4-3-5-10(8)19/h3-5,12,15,19H,2,6-7H2,1H3,(H,16,17). The highest BCUT2D eigenvalue weighted by atomic mass is 32.1. The number of aliphatic hydroxyl groups excluding tert-OH is 1. The number of thiol groups is 1. The zero-order valence-corrected chi connectivity index (χ0v) is 11.4. The van der Waals surface area contributed by atoms with Gasteiger partial charge in [0.1, 0.15) is 0 Å². The highest BCUT2D eigenvalue weighted by Crippen LogP contribution is 2.25. The first-order valence-electron chi connectivity index (χ1n) is 5.84. The van der Waals surface area contributed by atoms with Gasteiger partial charge in [-0.05, 0) is 30.5 Å². The van der Waals surface area contributed by atoms with Gasteiger partial charge in [-0.15, -0.1) is 12.6 Å². The van der Waals surface area contributed by atoms with E-state index in [1.54, 1.807) is 19.1 Å². The van der Waals surface area contributed by atoms with Crippen LogP contribution in [0.25, 0.3) is 0 Å². The molecule has 5 nitrogen and oxygen atoms in total. The Labute approximate surface area is 116 Å². The number of rotatable bonds is 6. The number of ether oxygens (including phenoxy) is 1. The number of benzene rings is 1. The molecule has 1 aromatic rings. The van der Waals surface area contributed by atoms with Crippen molar-refractivity contribution in [2.45, 2.75) is 30.8 Å². The van der Waals surface area contributed by atoms with E-state index < -0.39 is 12.1 Å². The summed E-state index contributed by atoms with van der Waals surface area (Å²) in [6, 6.07) is 4.80. The van der Waals surface area contributed by atoms with E-state index in [1.807, 2.05) is 0 Å². The van der Waals surface area contributed by atoms with Gasteiger partial charge in [0.25, 0.3) is 0 Å². The largest absolute Gasteiger partial charge is 0.479 e. The Morgan fingerprint density at radius 3 is 2.68 bits per heavy atom. The summed E-state index contributed by atoms with van der Waals surface area (Å²) in [6.45, 7) is 2.01. The fourth-order valence-corrected chi connectivity index (χ4v) is 2.04. The lowest BCUT2D eigenvalue weighted by molar-refractivity contribution is -0.147. The Kier molecular flexibility index (Phi) is 5.85. The molecule has 0 fully saturated rings. The average molecular weight is 284 g/mol. The van der Waals surface area contributed by atoms with E-state index in [4.69, 9.17) is 9.84 Å². The lowest BCUT2D eigenvalue weighted by Crippen LogP contribution is -2.14. The molecule has 2 N–H and O–H groups in total. The van der Waals surface area contributed by atoms with E-state index in [0.717, 1.165) is 0 Å². The third kappa shape index (κ3) is 4.25. The average Bonchev–Trinajstić information content (AvgIpc) is 2.36. The molecule has 0 aromatic heterocycles. The minimum Gasteiger partial charge on any atom is -0.479 e. The third-order valence-corrected chi connectivity index (χ3v) is 3.02. The number of aliphatic carboxylic acids is 1. The molecule has 0 aliphatic heterocycles. The predicted molar refractivity (Wildman–Crippen MR) is 71.2 cm³/mol. The first-order chi connectivity index (χ1) is 8.97. The first kappa shape index (κ1) is 15.5. The monoisotopic (exact) mass is 284 g/mol. The summed E-state index contributed by atoms with van der Waals surface area (Å²) >= 11 is 4.23. The molecule has 19 heavy (non-hydrogen) atoms. The second-order valence-electron chi connectivity index (χ2n) is 3.89. The number of carbonyl (C=O) groups excluding carboxylic acids is 1. The molecule has 0 aliphatic carbocycles. The van der Waals surface area contributed by atoms with E-state index >= 15 is 0 Å². The van der Waals surface area contributed by atoms with Crippen LogP contribution in [0.1, 0.15) is 30.6 Å². The molecule has 0 bridgehead atoms. The van der Waals surface area contributed by atoms with Crippen molar-refractivity contribution in [2.75, 3.05) is 6.61 Å². The zero-order valence-electron chi connectivity index (χ0n) is 10.5. The van der Waals surface area contributed by atoms with Crippen LogP contribution >= 0.6 is 12.6 Å². The molecule has 0 amide bonds. The summed E-state index contributed by atoms with van der Waals surface area (Å²) in [5, 5.41) is 18.5. The van der Waals surface area contributed by atoms with Crippen molar-refractivity contribution in [3.05, 3.63) is 29.3 Å². The summed E-state index contributed by atoms with van der Waals surface area (Å²) in [6.07, 6.45) is -1.23. The topological polar surface area (TPSA) is 83.8 Å². The maximum atomic E-state index is 11.3. The Balaban J connectivity index is 2.92. The van der Waals surface area contributed by atoms with Crippen molar-refractivity contribution >= 4 is 24.6 Å². The van der Waals surface area contributed by atoms with Gasteiger partial charge in [0.2, 0.25) is 0 Å². The van der Waals surface area contributed by atoms with Gasteiger partial charge in [0.05, 0.1) is 6.61 Å². The summed E-state index contributed by atoms with van der Waals surface area (Å²) in [5.41, 5.74) is 0.804. The quantitative estimate of drug-likeness (QED) is 0.546. The van der Waals surface area contributed by atoms with E-state index in [0.29, 0.717) is 17.1 Å². The van der Waals surface area contributed by atoms with Crippen LogP contribution in [0.4, 0.5) is 0 Å². The number of hydrogen-bond acceptors (Lipinski definition) is 5. The van der Waals surface area contributed by atoms with Crippen LogP contribution in [0, 0.1) is 0 Å². The summed E-state index contributed by atoms with van der Waals surface area (Å²) in [7, 11) is 0. The van der Waals surface area contributed by atoms with Crippen LogP contribution in [0.15, 0.2) is 23.1 Å². The summed E-state index contributed by atoms with van der Waals surface area (Å²) in [4.78, 5) is 22.7.